The summed E-state index contributed by atoms with van der Waals surface area (Å²) in [6, 6.07) is 0. The van der Waals surface area contributed by atoms with Gasteiger partial charge in [-0.3, -0.25) is 4.79 Å². The van der Waals surface area contributed by atoms with Crippen molar-refractivity contribution in [1.82, 2.24) is 0 Å². The molecule has 0 aromatic heterocycles. The second-order valence-electron chi connectivity index (χ2n) is 5.43. The van der Waals surface area contributed by atoms with E-state index < -0.39 is 0 Å². The van der Waals surface area contributed by atoms with Gasteiger partial charge in [0.15, 0.2) is 0 Å². The van der Waals surface area contributed by atoms with Crippen LogP contribution in [-0.2, 0) is 9.53 Å². The highest BCUT2D eigenvalue weighted by atomic mass is 16.6. The largest absolute Gasteiger partial charge is 0.459 e. The van der Waals surface area contributed by atoms with E-state index in [1.807, 2.05) is 6.08 Å². The number of hydrogen-bond acceptors (Lipinski definition) is 2. The van der Waals surface area contributed by atoms with Gasteiger partial charge in [0.1, 0.15) is 5.60 Å². The minimum atomic E-state index is -0.214. The van der Waals surface area contributed by atoms with E-state index in [4.69, 9.17) is 4.74 Å². The molecule has 0 bridgehead atoms. The molecule has 0 saturated heterocycles. The smallest absolute Gasteiger partial charge is 0.303 e. The van der Waals surface area contributed by atoms with Gasteiger partial charge < -0.3 is 4.74 Å². The Labute approximate surface area is 119 Å². The maximum absolute atomic E-state index is 11.2. The fourth-order valence-electron chi connectivity index (χ4n) is 2.55. The van der Waals surface area contributed by atoms with Crippen molar-refractivity contribution in [3.05, 3.63) is 12.7 Å². The summed E-state index contributed by atoms with van der Waals surface area (Å²) in [7, 11) is 0. The molecule has 0 saturated carbocycles. The minimum absolute atomic E-state index is 0.145. The summed E-state index contributed by atoms with van der Waals surface area (Å²) in [6.45, 7) is 9.48. The van der Waals surface area contributed by atoms with Crippen LogP contribution in [0.15, 0.2) is 12.7 Å². The van der Waals surface area contributed by atoms with Gasteiger partial charge in [-0.1, -0.05) is 45.6 Å². The van der Waals surface area contributed by atoms with Crippen molar-refractivity contribution in [1.29, 1.82) is 0 Å². The molecule has 0 aromatic carbocycles. The molecule has 0 heterocycles. The topological polar surface area (TPSA) is 26.3 Å². The third kappa shape index (κ3) is 8.85. The van der Waals surface area contributed by atoms with Crippen LogP contribution in [0.3, 0.4) is 0 Å². The zero-order chi connectivity index (χ0) is 14.6. The number of carbonyl (C=O) groups excluding carboxylic acids is 1. The van der Waals surface area contributed by atoms with Crippen LogP contribution in [0.4, 0.5) is 0 Å². The lowest BCUT2D eigenvalue weighted by Crippen LogP contribution is -2.33. The number of carbonyl (C=O) groups is 1. The Kier molecular flexibility index (Phi) is 10.6. The maximum Gasteiger partial charge on any atom is 0.303 e. The van der Waals surface area contributed by atoms with Crippen LogP contribution in [-0.4, -0.2) is 11.6 Å². The second kappa shape index (κ2) is 11.1. The van der Waals surface area contributed by atoms with E-state index in [-0.39, 0.29) is 11.6 Å². The monoisotopic (exact) mass is 268 g/mol. The molecule has 112 valence electrons. The summed E-state index contributed by atoms with van der Waals surface area (Å²) in [5, 5.41) is 0. The Morgan fingerprint density at radius 1 is 1.05 bits per heavy atom. The summed E-state index contributed by atoms with van der Waals surface area (Å²) >= 11 is 0. The molecule has 0 atom stereocenters. The average molecular weight is 268 g/mol. The quantitative estimate of drug-likeness (QED) is 0.268. The molecule has 0 amide bonds. The number of allylic oxidation sites excluding steroid dienone is 1. The first kappa shape index (κ1) is 18.2. The Hall–Kier alpha value is -0.790. The van der Waals surface area contributed by atoms with Crippen LogP contribution in [0.5, 0.6) is 0 Å². The number of esters is 1. The number of rotatable bonds is 12. The highest BCUT2D eigenvalue weighted by Gasteiger charge is 2.28. The van der Waals surface area contributed by atoms with Crippen molar-refractivity contribution in [2.45, 2.75) is 90.6 Å². The molecule has 0 aromatic rings. The van der Waals surface area contributed by atoms with E-state index in [2.05, 4.69) is 20.4 Å². The van der Waals surface area contributed by atoms with Crippen LogP contribution in [0.1, 0.15) is 85.0 Å². The minimum Gasteiger partial charge on any atom is -0.459 e. The molecule has 2 heteroatoms. The van der Waals surface area contributed by atoms with E-state index in [1.54, 1.807) is 0 Å². The molecular weight excluding hydrogens is 236 g/mol. The number of unbranched alkanes of at least 4 members (excludes halogenated alkanes) is 6. The Morgan fingerprint density at radius 2 is 1.58 bits per heavy atom. The lowest BCUT2D eigenvalue weighted by Gasteiger charge is -2.31. The van der Waals surface area contributed by atoms with Crippen LogP contribution < -0.4 is 0 Å². The van der Waals surface area contributed by atoms with Crippen LogP contribution in [0.2, 0.25) is 0 Å². The van der Waals surface area contributed by atoms with E-state index in [9.17, 15) is 4.79 Å². The molecule has 0 radical (unpaired) electrons. The fraction of sp³-hybridized carbons (Fsp3) is 0.824. The molecule has 0 fully saturated rings. The van der Waals surface area contributed by atoms with Gasteiger partial charge in [-0.15, -0.1) is 6.58 Å². The zero-order valence-electron chi connectivity index (χ0n) is 13.2. The molecule has 0 spiro atoms. The summed E-state index contributed by atoms with van der Waals surface area (Å²) in [6.07, 6.45) is 13.6. The van der Waals surface area contributed by atoms with Gasteiger partial charge in [0.2, 0.25) is 0 Å². The van der Waals surface area contributed by atoms with E-state index >= 15 is 0 Å². The highest BCUT2D eigenvalue weighted by Crippen LogP contribution is 2.28. The van der Waals surface area contributed by atoms with Crippen LogP contribution in [0, 0.1) is 0 Å². The summed E-state index contributed by atoms with van der Waals surface area (Å²) in [5.74, 6) is -0.145. The van der Waals surface area contributed by atoms with E-state index in [0.29, 0.717) is 0 Å². The lowest BCUT2D eigenvalue weighted by molar-refractivity contribution is -0.158. The Morgan fingerprint density at radius 3 is 2.05 bits per heavy atom. The van der Waals surface area contributed by atoms with Gasteiger partial charge >= 0.3 is 5.97 Å². The zero-order valence-corrected chi connectivity index (χ0v) is 13.2. The predicted molar refractivity (Wildman–Crippen MR) is 82.2 cm³/mol. The van der Waals surface area contributed by atoms with Gasteiger partial charge in [-0.25, -0.2) is 0 Å². The molecular formula is C17H32O2. The third-order valence-electron chi connectivity index (χ3n) is 3.94. The molecule has 2 nitrogen and oxygen atoms in total. The summed E-state index contributed by atoms with van der Waals surface area (Å²) in [4.78, 5) is 11.2. The third-order valence-corrected chi connectivity index (χ3v) is 3.94. The van der Waals surface area contributed by atoms with Crippen molar-refractivity contribution < 1.29 is 9.53 Å². The highest BCUT2D eigenvalue weighted by molar-refractivity contribution is 5.66. The summed E-state index contributed by atoms with van der Waals surface area (Å²) < 4.78 is 5.55. The van der Waals surface area contributed by atoms with E-state index in [1.165, 1.54) is 39.0 Å². The Bertz CT molecular complexity index is 242. The van der Waals surface area contributed by atoms with Gasteiger partial charge in [-0.05, 0) is 38.5 Å². The average Bonchev–Trinajstić information content (AvgIpc) is 2.40. The van der Waals surface area contributed by atoms with Crippen molar-refractivity contribution in [2.24, 2.45) is 0 Å². The van der Waals surface area contributed by atoms with Gasteiger partial charge in [0.25, 0.3) is 0 Å². The molecule has 0 unspecified atom stereocenters. The van der Waals surface area contributed by atoms with Crippen molar-refractivity contribution in [3.8, 4) is 0 Å². The van der Waals surface area contributed by atoms with Crippen molar-refractivity contribution in [3.63, 3.8) is 0 Å². The normalized spacial score (nSPS) is 11.3. The van der Waals surface area contributed by atoms with Crippen LogP contribution >= 0.6 is 0 Å². The number of hydrogen-bond donors (Lipinski definition) is 0. The van der Waals surface area contributed by atoms with Crippen molar-refractivity contribution in [2.75, 3.05) is 0 Å². The molecule has 0 aliphatic rings. The maximum atomic E-state index is 11.2. The van der Waals surface area contributed by atoms with Gasteiger partial charge in [0, 0.05) is 6.92 Å². The van der Waals surface area contributed by atoms with Gasteiger partial charge in [-0.2, -0.15) is 0 Å². The molecule has 19 heavy (non-hydrogen) atoms. The fourth-order valence-corrected chi connectivity index (χ4v) is 2.55. The predicted octanol–water partition coefficient (Wildman–Crippen LogP) is 5.42. The summed E-state index contributed by atoms with van der Waals surface area (Å²) in [5.41, 5.74) is -0.214. The molecule has 0 N–H and O–H groups in total. The molecule has 0 aliphatic carbocycles. The standard InChI is InChI=1S/C17H32O2/c1-5-8-9-10-11-12-13-14-15-17(6-2,7-3)19-16(4)18/h5H,1,6-15H2,2-4H3. The van der Waals surface area contributed by atoms with E-state index in [0.717, 1.165) is 32.1 Å². The second-order valence-corrected chi connectivity index (χ2v) is 5.43. The SMILES string of the molecule is C=CCCCCCCCCC(CC)(CC)OC(C)=O. The molecule has 0 aliphatic heterocycles. The first-order chi connectivity index (χ1) is 9.10. The van der Waals surface area contributed by atoms with Crippen molar-refractivity contribution >= 4 is 5.97 Å². The first-order valence-corrected chi connectivity index (χ1v) is 7.90. The first-order valence-electron chi connectivity index (χ1n) is 7.90. The Balaban J connectivity index is 3.75. The number of ether oxygens (including phenoxy) is 1. The van der Waals surface area contributed by atoms with Gasteiger partial charge in [0.05, 0.1) is 0 Å². The molecule has 0 rings (SSSR count). The lowest BCUT2D eigenvalue weighted by atomic mass is 9.90. The van der Waals surface area contributed by atoms with Crippen LogP contribution in [0.25, 0.3) is 0 Å².